The molecule has 0 saturated carbocycles. The molecule has 0 spiro atoms. The molecule has 0 fully saturated rings. The van der Waals surface area contributed by atoms with E-state index in [9.17, 15) is 14.7 Å². The SMILES string of the molecule is COc1ccc(C(C)(NC(=O)c2ccco2)C(=O)O)cc1. The van der Waals surface area contributed by atoms with Crippen LogP contribution in [-0.2, 0) is 10.3 Å². The number of rotatable bonds is 5. The predicted molar refractivity (Wildman–Crippen MR) is 74.2 cm³/mol. The number of benzene rings is 1. The number of furan rings is 1. The molecule has 2 aromatic rings. The van der Waals surface area contributed by atoms with Gasteiger partial charge in [-0.25, -0.2) is 4.79 Å². The first kappa shape index (κ1) is 14.6. The van der Waals surface area contributed by atoms with Gasteiger partial charge in [0.15, 0.2) is 11.3 Å². The Balaban J connectivity index is 2.31. The van der Waals surface area contributed by atoms with Gasteiger partial charge in [-0.1, -0.05) is 12.1 Å². The zero-order valence-corrected chi connectivity index (χ0v) is 11.6. The van der Waals surface area contributed by atoms with Crippen LogP contribution in [-0.4, -0.2) is 24.1 Å². The third-order valence-corrected chi connectivity index (χ3v) is 3.20. The number of carbonyl (C=O) groups is 2. The number of carboxylic acids is 1. The maximum absolute atomic E-state index is 12.0. The molecule has 1 unspecified atom stereocenters. The fourth-order valence-electron chi connectivity index (χ4n) is 1.87. The first-order chi connectivity index (χ1) is 9.97. The van der Waals surface area contributed by atoms with E-state index in [0.29, 0.717) is 11.3 Å². The van der Waals surface area contributed by atoms with Gasteiger partial charge in [-0.2, -0.15) is 0 Å². The summed E-state index contributed by atoms with van der Waals surface area (Å²) < 4.78 is 10.0. The Morgan fingerprint density at radius 1 is 1.24 bits per heavy atom. The number of aliphatic carboxylic acids is 1. The van der Waals surface area contributed by atoms with Gasteiger partial charge < -0.3 is 19.6 Å². The minimum atomic E-state index is -1.57. The number of hydrogen-bond donors (Lipinski definition) is 2. The second-order valence-corrected chi connectivity index (χ2v) is 4.59. The lowest BCUT2D eigenvalue weighted by Crippen LogP contribution is -2.49. The molecular weight excluding hydrogens is 274 g/mol. The standard InChI is InChI=1S/C15H15NO5/c1-15(14(18)19,10-5-7-11(20-2)8-6-10)16-13(17)12-4-3-9-21-12/h3-9H,1-2H3,(H,16,17)(H,18,19). The van der Waals surface area contributed by atoms with E-state index in [0.717, 1.165) is 0 Å². The molecule has 2 N–H and O–H groups in total. The van der Waals surface area contributed by atoms with Crippen LogP contribution in [0.4, 0.5) is 0 Å². The molecule has 2 rings (SSSR count). The van der Waals surface area contributed by atoms with Crippen molar-refractivity contribution in [1.29, 1.82) is 0 Å². The average molecular weight is 289 g/mol. The lowest BCUT2D eigenvalue weighted by Gasteiger charge is -2.26. The lowest BCUT2D eigenvalue weighted by atomic mass is 9.91. The topological polar surface area (TPSA) is 88.8 Å². The fraction of sp³-hybridized carbons (Fsp3) is 0.200. The number of amides is 1. The molecule has 21 heavy (non-hydrogen) atoms. The van der Waals surface area contributed by atoms with Gasteiger partial charge in [0.25, 0.3) is 5.91 Å². The molecule has 6 heteroatoms. The Morgan fingerprint density at radius 2 is 1.90 bits per heavy atom. The molecule has 0 saturated heterocycles. The summed E-state index contributed by atoms with van der Waals surface area (Å²) in [6.45, 7) is 1.41. The molecule has 1 aromatic carbocycles. The largest absolute Gasteiger partial charge is 0.497 e. The van der Waals surface area contributed by atoms with Crippen LogP contribution in [0.3, 0.4) is 0 Å². The highest BCUT2D eigenvalue weighted by molar-refractivity contribution is 5.96. The van der Waals surface area contributed by atoms with E-state index in [4.69, 9.17) is 9.15 Å². The van der Waals surface area contributed by atoms with Crippen molar-refractivity contribution in [1.82, 2.24) is 5.32 Å². The summed E-state index contributed by atoms with van der Waals surface area (Å²) in [6, 6.07) is 9.47. The summed E-state index contributed by atoms with van der Waals surface area (Å²) in [5.74, 6) is -1.12. The number of methoxy groups -OCH3 is 1. The summed E-state index contributed by atoms with van der Waals surface area (Å²) in [7, 11) is 1.52. The van der Waals surface area contributed by atoms with Gasteiger partial charge in [0.2, 0.25) is 0 Å². The van der Waals surface area contributed by atoms with Crippen LogP contribution >= 0.6 is 0 Å². The quantitative estimate of drug-likeness (QED) is 0.879. The number of hydrogen-bond acceptors (Lipinski definition) is 4. The van der Waals surface area contributed by atoms with Gasteiger partial charge in [-0.3, -0.25) is 4.79 Å². The van der Waals surface area contributed by atoms with E-state index >= 15 is 0 Å². The lowest BCUT2D eigenvalue weighted by molar-refractivity contribution is -0.144. The van der Waals surface area contributed by atoms with Gasteiger partial charge in [0, 0.05) is 0 Å². The zero-order chi connectivity index (χ0) is 15.5. The zero-order valence-electron chi connectivity index (χ0n) is 11.6. The molecule has 110 valence electrons. The Bertz CT molecular complexity index is 633. The van der Waals surface area contributed by atoms with Crippen LogP contribution in [0.2, 0.25) is 0 Å². The second-order valence-electron chi connectivity index (χ2n) is 4.59. The van der Waals surface area contributed by atoms with Gasteiger partial charge in [0.1, 0.15) is 5.75 Å². The molecule has 6 nitrogen and oxygen atoms in total. The number of carbonyl (C=O) groups excluding carboxylic acids is 1. The molecule has 0 bridgehead atoms. The van der Waals surface area contributed by atoms with Crippen molar-refractivity contribution in [2.45, 2.75) is 12.5 Å². The van der Waals surface area contributed by atoms with Crippen LogP contribution < -0.4 is 10.1 Å². The van der Waals surface area contributed by atoms with Crippen molar-refractivity contribution in [2.75, 3.05) is 7.11 Å². The maximum atomic E-state index is 12.0. The van der Waals surface area contributed by atoms with E-state index in [-0.39, 0.29) is 5.76 Å². The molecule has 0 radical (unpaired) electrons. The van der Waals surface area contributed by atoms with Crippen molar-refractivity contribution >= 4 is 11.9 Å². The highest BCUT2D eigenvalue weighted by atomic mass is 16.5. The molecule has 0 aliphatic rings. The van der Waals surface area contributed by atoms with E-state index in [1.54, 1.807) is 30.3 Å². The molecule has 0 aliphatic heterocycles. The van der Waals surface area contributed by atoms with Crippen LogP contribution in [0.25, 0.3) is 0 Å². The van der Waals surface area contributed by atoms with Gasteiger partial charge in [-0.15, -0.1) is 0 Å². The molecule has 1 amide bonds. The van der Waals surface area contributed by atoms with E-state index < -0.39 is 17.4 Å². The van der Waals surface area contributed by atoms with E-state index in [1.165, 1.54) is 26.4 Å². The Hall–Kier alpha value is -2.76. The fourth-order valence-corrected chi connectivity index (χ4v) is 1.87. The molecule has 1 aromatic heterocycles. The normalized spacial score (nSPS) is 13.2. The van der Waals surface area contributed by atoms with Crippen LogP contribution in [0.1, 0.15) is 23.0 Å². The first-order valence-corrected chi connectivity index (χ1v) is 6.21. The number of ether oxygens (including phenoxy) is 1. The minimum Gasteiger partial charge on any atom is -0.497 e. The smallest absolute Gasteiger partial charge is 0.333 e. The maximum Gasteiger partial charge on any atom is 0.333 e. The highest BCUT2D eigenvalue weighted by Crippen LogP contribution is 2.24. The number of carboxylic acid groups (broad SMARTS) is 1. The Morgan fingerprint density at radius 3 is 2.38 bits per heavy atom. The van der Waals surface area contributed by atoms with Crippen molar-refractivity contribution in [3.05, 3.63) is 54.0 Å². The third kappa shape index (κ3) is 2.89. The monoisotopic (exact) mass is 289 g/mol. The van der Waals surface area contributed by atoms with Crippen LogP contribution in [0.15, 0.2) is 47.1 Å². The van der Waals surface area contributed by atoms with Crippen molar-refractivity contribution in [3.8, 4) is 5.75 Å². The van der Waals surface area contributed by atoms with Crippen molar-refractivity contribution < 1.29 is 23.8 Å². The summed E-state index contributed by atoms with van der Waals surface area (Å²) in [5.41, 5.74) is -1.15. The van der Waals surface area contributed by atoms with Gasteiger partial charge in [0.05, 0.1) is 13.4 Å². The summed E-state index contributed by atoms with van der Waals surface area (Å²) >= 11 is 0. The third-order valence-electron chi connectivity index (χ3n) is 3.20. The van der Waals surface area contributed by atoms with Gasteiger partial charge >= 0.3 is 5.97 Å². The van der Waals surface area contributed by atoms with E-state index in [2.05, 4.69) is 5.32 Å². The summed E-state index contributed by atoms with van der Waals surface area (Å²) in [4.78, 5) is 23.6. The van der Waals surface area contributed by atoms with Crippen LogP contribution in [0.5, 0.6) is 5.75 Å². The highest BCUT2D eigenvalue weighted by Gasteiger charge is 2.37. The molecular formula is C15H15NO5. The molecule has 1 heterocycles. The number of nitrogens with one attached hydrogen (secondary N) is 1. The molecule has 0 aliphatic carbocycles. The van der Waals surface area contributed by atoms with Crippen LogP contribution in [0, 0.1) is 0 Å². The predicted octanol–water partition coefficient (Wildman–Crippen LogP) is 2.02. The summed E-state index contributed by atoms with van der Waals surface area (Å²) in [5, 5.41) is 12.0. The Labute approximate surface area is 121 Å². The Kier molecular flexibility index (Phi) is 3.98. The van der Waals surface area contributed by atoms with E-state index in [1.807, 2.05) is 0 Å². The van der Waals surface area contributed by atoms with Crippen molar-refractivity contribution in [2.24, 2.45) is 0 Å². The second kappa shape index (κ2) is 5.70. The average Bonchev–Trinajstić information content (AvgIpc) is 3.01. The summed E-state index contributed by atoms with van der Waals surface area (Å²) in [6.07, 6.45) is 1.35. The van der Waals surface area contributed by atoms with Gasteiger partial charge in [-0.05, 0) is 36.8 Å². The molecule has 1 atom stereocenters. The first-order valence-electron chi connectivity index (χ1n) is 6.21. The minimum absolute atomic E-state index is 0.0518. The van der Waals surface area contributed by atoms with Crippen molar-refractivity contribution in [3.63, 3.8) is 0 Å².